The summed E-state index contributed by atoms with van der Waals surface area (Å²) in [6.07, 6.45) is 6.73. The van der Waals surface area contributed by atoms with Crippen LogP contribution in [-0.2, 0) is 6.54 Å². The Morgan fingerprint density at radius 2 is 2.22 bits per heavy atom. The number of hydrogen-bond donors (Lipinski definition) is 0. The summed E-state index contributed by atoms with van der Waals surface area (Å²) < 4.78 is 0. The molecule has 3 rings (SSSR count). The lowest BCUT2D eigenvalue weighted by molar-refractivity contribution is 0.212. The van der Waals surface area contributed by atoms with E-state index in [1.807, 2.05) is 25.4 Å². The molecule has 2 aromatic heterocycles. The van der Waals surface area contributed by atoms with Crippen LogP contribution in [0.3, 0.4) is 0 Å². The molecule has 0 amide bonds. The van der Waals surface area contributed by atoms with Gasteiger partial charge >= 0.3 is 0 Å². The summed E-state index contributed by atoms with van der Waals surface area (Å²) in [5, 5.41) is 0. The Balaban J connectivity index is 1.66. The summed E-state index contributed by atoms with van der Waals surface area (Å²) in [4.78, 5) is 17.7. The van der Waals surface area contributed by atoms with Gasteiger partial charge in [-0.15, -0.1) is 0 Å². The predicted octanol–water partition coefficient (Wildman–Crippen LogP) is 2.30. The SMILES string of the molecule is Cc1cc(CN(C)C[C@@H]2CCN(C)[C@H]2c2cccnc2)ncn1. The molecule has 2 aromatic rings. The third kappa shape index (κ3) is 3.92. The number of aromatic nitrogens is 3. The van der Waals surface area contributed by atoms with Crippen molar-refractivity contribution in [3.05, 3.63) is 53.9 Å². The monoisotopic (exact) mass is 311 g/mol. The fourth-order valence-electron chi connectivity index (χ4n) is 3.63. The summed E-state index contributed by atoms with van der Waals surface area (Å²) in [6, 6.07) is 6.75. The molecule has 1 saturated heterocycles. The molecule has 0 unspecified atom stereocenters. The molecule has 0 aromatic carbocycles. The summed E-state index contributed by atoms with van der Waals surface area (Å²) in [5.74, 6) is 0.622. The number of rotatable bonds is 5. The first-order valence-electron chi connectivity index (χ1n) is 8.19. The van der Waals surface area contributed by atoms with Crippen molar-refractivity contribution in [1.29, 1.82) is 0 Å². The maximum Gasteiger partial charge on any atom is 0.115 e. The van der Waals surface area contributed by atoms with Crippen molar-refractivity contribution in [2.24, 2.45) is 5.92 Å². The molecule has 0 N–H and O–H groups in total. The Labute approximate surface area is 138 Å². The first kappa shape index (κ1) is 16.0. The second-order valence-corrected chi connectivity index (χ2v) is 6.61. The molecule has 3 heterocycles. The molecule has 2 atom stereocenters. The third-order valence-corrected chi connectivity index (χ3v) is 4.64. The van der Waals surface area contributed by atoms with E-state index < -0.39 is 0 Å². The summed E-state index contributed by atoms with van der Waals surface area (Å²) in [5.41, 5.74) is 3.44. The van der Waals surface area contributed by atoms with Crippen LogP contribution in [-0.4, -0.2) is 51.9 Å². The molecule has 1 aliphatic rings. The van der Waals surface area contributed by atoms with Gasteiger partial charge in [0, 0.05) is 37.2 Å². The van der Waals surface area contributed by atoms with Crippen LogP contribution in [0.4, 0.5) is 0 Å². The van der Waals surface area contributed by atoms with Crippen molar-refractivity contribution in [3.63, 3.8) is 0 Å². The largest absolute Gasteiger partial charge is 0.300 e. The van der Waals surface area contributed by atoms with Gasteiger partial charge in [-0.25, -0.2) is 9.97 Å². The number of pyridine rings is 1. The van der Waals surface area contributed by atoms with Crippen LogP contribution in [0.15, 0.2) is 36.9 Å². The summed E-state index contributed by atoms with van der Waals surface area (Å²) >= 11 is 0. The predicted molar refractivity (Wildman–Crippen MR) is 90.8 cm³/mol. The van der Waals surface area contributed by atoms with E-state index in [0.717, 1.165) is 31.0 Å². The number of hydrogen-bond acceptors (Lipinski definition) is 5. The average Bonchev–Trinajstić information content (AvgIpc) is 2.88. The van der Waals surface area contributed by atoms with E-state index in [4.69, 9.17) is 0 Å². The molecule has 5 heteroatoms. The van der Waals surface area contributed by atoms with E-state index in [9.17, 15) is 0 Å². The fourth-order valence-corrected chi connectivity index (χ4v) is 3.63. The quantitative estimate of drug-likeness (QED) is 0.848. The molecule has 1 aliphatic heterocycles. The summed E-state index contributed by atoms with van der Waals surface area (Å²) in [7, 11) is 4.39. The Kier molecular flexibility index (Phi) is 4.98. The molecular weight excluding hydrogens is 286 g/mol. The lowest BCUT2D eigenvalue weighted by Crippen LogP contribution is -2.30. The van der Waals surface area contributed by atoms with Crippen molar-refractivity contribution in [3.8, 4) is 0 Å². The van der Waals surface area contributed by atoms with Gasteiger partial charge in [0.25, 0.3) is 0 Å². The molecule has 0 saturated carbocycles. The highest BCUT2D eigenvalue weighted by molar-refractivity contribution is 5.17. The van der Waals surface area contributed by atoms with E-state index in [-0.39, 0.29) is 0 Å². The van der Waals surface area contributed by atoms with Gasteiger partial charge in [-0.1, -0.05) is 6.07 Å². The van der Waals surface area contributed by atoms with Gasteiger partial charge < -0.3 is 4.90 Å². The van der Waals surface area contributed by atoms with Crippen LogP contribution in [0, 0.1) is 12.8 Å². The maximum atomic E-state index is 4.37. The Bertz CT molecular complexity index is 630. The normalized spacial score (nSPS) is 21.9. The van der Waals surface area contributed by atoms with Crippen molar-refractivity contribution in [2.45, 2.75) is 25.9 Å². The minimum absolute atomic E-state index is 0.457. The first-order valence-corrected chi connectivity index (χ1v) is 8.19. The first-order chi connectivity index (χ1) is 11.1. The van der Waals surface area contributed by atoms with Gasteiger partial charge in [0.1, 0.15) is 6.33 Å². The standard InChI is InChI=1S/C18H25N5/c1-14-9-17(21-13-20-14)12-22(2)11-16-6-8-23(3)18(16)15-5-4-7-19-10-15/h4-5,7,9-10,13,16,18H,6,8,11-12H2,1-3H3/t16-,18-/m0/s1. The van der Waals surface area contributed by atoms with Crippen molar-refractivity contribution in [2.75, 3.05) is 27.2 Å². The van der Waals surface area contributed by atoms with Gasteiger partial charge in [0.05, 0.1) is 5.69 Å². The van der Waals surface area contributed by atoms with Gasteiger partial charge in [0.15, 0.2) is 0 Å². The van der Waals surface area contributed by atoms with E-state index in [1.54, 1.807) is 6.33 Å². The van der Waals surface area contributed by atoms with Crippen LogP contribution in [0.2, 0.25) is 0 Å². The van der Waals surface area contributed by atoms with Crippen molar-refractivity contribution < 1.29 is 0 Å². The zero-order valence-electron chi connectivity index (χ0n) is 14.2. The van der Waals surface area contributed by atoms with E-state index in [0.29, 0.717) is 12.0 Å². The summed E-state index contributed by atoms with van der Waals surface area (Å²) in [6.45, 7) is 5.08. The fraction of sp³-hybridized carbons (Fsp3) is 0.500. The second-order valence-electron chi connectivity index (χ2n) is 6.61. The Hall–Kier alpha value is -1.85. The minimum atomic E-state index is 0.457. The topological polar surface area (TPSA) is 45.2 Å². The van der Waals surface area contributed by atoms with Gasteiger partial charge in [-0.2, -0.15) is 0 Å². The molecular formula is C18H25N5. The van der Waals surface area contributed by atoms with Crippen LogP contribution in [0.5, 0.6) is 0 Å². The highest BCUT2D eigenvalue weighted by atomic mass is 15.2. The van der Waals surface area contributed by atoms with Crippen LogP contribution < -0.4 is 0 Å². The average molecular weight is 311 g/mol. The minimum Gasteiger partial charge on any atom is -0.300 e. The highest BCUT2D eigenvalue weighted by Crippen LogP contribution is 2.36. The lowest BCUT2D eigenvalue weighted by Gasteiger charge is -2.28. The van der Waals surface area contributed by atoms with E-state index >= 15 is 0 Å². The number of aryl methyl sites for hydroxylation is 1. The molecule has 23 heavy (non-hydrogen) atoms. The van der Waals surface area contributed by atoms with Crippen LogP contribution in [0.25, 0.3) is 0 Å². The van der Waals surface area contributed by atoms with Gasteiger partial charge in [-0.05, 0) is 57.6 Å². The molecule has 5 nitrogen and oxygen atoms in total. The number of likely N-dealkylation sites (tertiary alicyclic amines) is 1. The maximum absolute atomic E-state index is 4.37. The molecule has 0 spiro atoms. The smallest absolute Gasteiger partial charge is 0.115 e. The van der Waals surface area contributed by atoms with E-state index in [1.165, 1.54) is 12.0 Å². The zero-order chi connectivity index (χ0) is 16.2. The third-order valence-electron chi connectivity index (χ3n) is 4.64. The molecule has 0 radical (unpaired) electrons. The lowest BCUT2D eigenvalue weighted by atomic mass is 9.94. The van der Waals surface area contributed by atoms with Crippen molar-refractivity contribution in [1.82, 2.24) is 24.8 Å². The van der Waals surface area contributed by atoms with Gasteiger partial charge in [0.2, 0.25) is 0 Å². The molecule has 0 bridgehead atoms. The Morgan fingerprint density at radius 3 is 2.96 bits per heavy atom. The molecule has 1 fully saturated rings. The second kappa shape index (κ2) is 7.15. The highest BCUT2D eigenvalue weighted by Gasteiger charge is 2.33. The molecule has 0 aliphatic carbocycles. The Morgan fingerprint density at radius 1 is 1.35 bits per heavy atom. The number of nitrogens with zero attached hydrogens (tertiary/aromatic N) is 5. The van der Waals surface area contributed by atoms with E-state index in [2.05, 4.69) is 51.0 Å². The van der Waals surface area contributed by atoms with Crippen molar-refractivity contribution >= 4 is 0 Å². The zero-order valence-corrected chi connectivity index (χ0v) is 14.2. The molecule has 122 valence electrons. The van der Waals surface area contributed by atoms with Crippen LogP contribution >= 0.6 is 0 Å². The van der Waals surface area contributed by atoms with Crippen LogP contribution in [0.1, 0.15) is 29.4 Å². The van der Waals surface area contributed by atoms with Gasteiger partial charge in [-0.3, -0.25) is 9.88 Å².